The van der Waals surface area contributed by atoms with E-state index in [1.165, 1.54) is 17.4 Å². The summed E-state index contributed by atoms with van der Waals surface area (Å²) in [7, 11) is 0. The zero-order valence-corrected chi connectivity index (χ0v) is 18.8. The maximum absolute atomic E-state index is 13.3. The Kier molecular flexibility index (Phi) is 7.20. The molecule has 2 amide bonds. The van der Waals surface area contributed by atoms with Gasteiger partial charge in [0.25, 0.3) is 5.91 Å². The number of benzene rings is 1. The van der Waals surface area contributed by atoms with Crippen molar-refractivity contribution in [3.63, 3.8) is 0 Å². The standard InChI is InChI=1S/C22H25F3N4O3S/c23-22(24,25)16-3-4-18(28-9-11-32-12-10-28)17(14-16)26-20(30)15-27-5-7-29(8-6-27)21(31)19-2-1-13-33-19/h1-4,13-14H,5-12,15H2,(H,26,30). The molecule has 2 aliphatic rings. The van der Waals surface area contributed by atoms with Crippen LogP contribution in [0.1, 0.15) is 15.2 Å². The Morgan fingerprint density at radius 1 is 1.03 bits per heavy atom. The Hall–Kier alpha value is -2.63. The van der Waals surface area contributed by atoms with E-state index in [9.17, 15) is 22.8 Å². The maximum atomic E-state index is 13.3. The molecule has 33 heavy (non-hydrogen) atoms. The smallest absolute Gasteiger partial charge is 0.378 e. The van der Waals surface area contributed by atoms with Crippen LogP contribution in [0.15, 0.2) is 35.7 Å². The predicted octanol–water partition coefficient (Wildman–Crippen LogP) is 3.00. The molecule has 0 aliphatic carbocycles. The molecule has 0 bridgehead atoms. The van der Waals surface area contributed by atoms with Crippen LogP contribution in [0.2, 0.25) is 0 Å². The van der Waals surface area contributed by atoms with Crippen molar-refractivity contribution in [1.82, 2.24) is 9.80 Å². The summed E-state index contributed by atoms with van der Waals surface area (Å²) in [5.74, 6) is -0.407. The second kappa shape index (κ2) is 10.1. The average molecular weight is 483 g/mol. The van der Waals surface area contributed by atoms with Crippen molar-refractivity contribution in [2.45, 2.75) is 6.18 Å². The van der Waals surface area contributed by atoms with Gasteiger partial charge in [-0.05, 0) is 29.6 Å². The Morgan fingerprint density at radius 2 is 1.76 bits per heavy atom. The molecule has 3 heterocycles. The predicted molar refractivity (Wildman–Crippen MR) is 120 cm³/mol. The van der Waals surface area contributed by atoms with Gasteiger partial charge in [0.2, 0.25) is 5.91 Å². The third-order valence-electron chi connectivity index (χ3n) is 5.71. The van der Waals surface area contributed by atoms with Gasteiger partial charge in [-0.25, -0.2) is 0 Å². The summed E-state index contributed by atoms with van der Waals surface area (Å²) in [4.78, 5) is 31.4. The van der Waals surface area contributed by atoms with E-state index in [2.05, 4.69) is 5.32 Å². The van der Waals surface area contributed by atoms with Crippen LogP contribution < -0.4 is 10.2 Å². The fourth-order valence-corrected chi connectivity index (χ4v) is 4.64. The molecule has 2 fully saturated rings. The molecule has 0 spiro atoms. The summed E-state index contributed by atoms with van der Waals surface area (Å²) in [6.07, 6.45) is -4.51. The lowest BCUT2D eigenvalue weighted by Crippen LogP contribution is -2.50. The van der Waals surface area contributed by atoms with E-state index < -0.39 is 11.7 Å². The highest BCUT2D eigenvalue weighted by atomic mass is 32.1. The van der Waals surface area contributed by atoms with E-state index in [4.69, 9.17) is 4.74 Å². The number of rotatable bonds is 5. The summed E-state index contributed by atoms with van der Waals surface area (Å²) in [5, 5.41) is 4.54. The molecular formula is C22H25F3N4O3S. The molecular weight excluding hydrogens is 457 g/mol. The number of morpholine rings is 1. The van der Waals surface area contributed by atoms with Crippen LogP contribution in [0.4, 0.5) is 24.5 Å². The monoisotopic (exact) mass is 482 g/mol. The Balaban J connectivity index is 1.39. The van der Waals surface area contributed by atoms with Crippen molar-refractivity contribution >= 4 is 34.5 Å². The number of carbonyl (C=O) groups is 2. The molecule has 2 aromatic rings. The molecule has 4 rings (SSSR count). The van der Waals surface area contributed by atoms with Gasteiger partial charge in [0.05, 0.1) is 41.6 Å². The zero-order valence-electron chi connectivity index (χ0n) is 17.9. The first-order chi connectivity index (χ1) is 15.8. The van der Waals surface area contributed by atoms with E-state index in [-0.39, 0.29) is 24.0 Å². The van der Waals surface area contributed by atoms with Crippen molar-refractivity contribution in [2.75, 3.05) is 69.2 Å². The van der Waals surface area contributed by atoms with Crippen LogP contribution in [0.25, 0.3) is 0 Å². The van der Waals surface area contributed by atoms with Gasteiger partial charge in [-0.2, -0.15) is 13.2 Å². The van der Waals surface area contributed by atoms with Crippen LogP contribution in [0, 0.1) is 0 Å². The second-order valence-corrected chi connectivity index (χ2v) is 8.87. The molecule has 2 saturated heterocycles. The molecule has 0 unspecified atom stereocenters. The number of piperazine rings is 1. The second-order valence-electron chi connectivity index (χ2n) is 7.92. The highest BCUT2D eigenvalue weighted by molar-refractivity contribution is 7.12. The van der Waals surface area contributed by atoms with Crippen molar-refractivity contribution in [3.8, 4) is 0 Å². The number of thiophene rings is 1. The fraction of sp³-hybridized carbons (Fsp3) is 0.455. The van der Waals surface area contributed by atoms with Gasteiger partial charge in [-0.15, -0.1) is 11.3 Å². The summed E-state index contributed by atoms with van der Waals surface area (Å²) < 4.78 is 45.1. The topological polar surface area (TPSA) is 65.1 Å². The van der Waals surface area contributed by atoms with Gasteiger partial charge < -0.3 is 19.9 Å². The molecule has 1 N–H and O–H groups in total. The van der Waals surface area contributed by atoms with Gasteiger partial charge in [-0.3, -0.25) is 14.5 Å². The summed E-state index contributed by atoms with van der Waals surface area (Å²) in [6, 6.07) is 7.04. The number of hydrogen-bond acceptors (Lipinski definition) is 6. The molecule has 11 heteroatoms. The fourth-order valence-electron chi connectivity index (χ4n) is 3.95. The van der Waals surface area contributed by atoms with Crippen LogP contribution in [-0.4, -0.2) is 80.6 Å². The maximum Gasteiger partial charge on any atom is 0.416 e. The van der Waals surface area contributed by atoms with Crippen LogP contribution in [-0.2, 0) is 15.7 Å². The highest BCUT2D eigenvalue weighted by Gasteiger charge is 2.32. The summed E-state index contributed by atoms with van der Waals surface area (Å²) in [5.41, 5.74) is -0.121. The number of nitrogens with one attached hydrogen (secondary N) is 1. The lowest BCUT2D eigenvalue weighted by molar-refractivity contribution is -0.137. The number of hydrogen-bond donors (Lipinski definition) is 1. The first kappa shape index (κ1) is 23.5. The van der Waals surface area contributed by atoms with Gasteiger partial charge in [0.1, 0.15) is 0 Å². The first-order valence-electron chi connectivity index (χ1n) is 10.7. The Bertz CT molecular complexity index is 970. The first-order valence-corrected chi connectivity index (χ1v) is 11.6. The van der Waals surface area contributed by atoms with E-state index in [1.807, 2.05) is 21.2 Å². The average Bonchev–Trinajstić information content (AvgIpc) is 3.34. The number of carbonyl (C=O) groups excluding carboxylic acids is 2. The minimum atomic E-state index is -4.51. The molecule has 0 saturated carbocycles. The lowest BCUT2D eigenvalue weighted by Gasteiger charge is -2.34. The third-order valence-corrected chi connectivity index (χ3v) is 6.57. The van der Waals surface area contributed by atoms with Gasteiger partial charge in [0, 0.05) is 39.3 Å². The number of amides is 2. The van der Waals surface area contributed by atoms with Crippen molar-refractivity contribution < 1.29 is 27.5 Å². The number of halogens is 3. The largest absolute Gasteiger partial charge is 0.416 e. The Morgan fingerprint density at radius 3 is 2.39 bits per heavy atom. The minimum Gasteiger partial charge on any atom is -0.378 e. The molecule has 2 aliphatic heterocycles. The van der Waals surface area contributed by atoms with Crippen molar-refractivity contribution in [2.24, 2.45) is 0 Å². The third kappa shape index (κ3) is 5.84. The molecule has 7 nitrogen and oxygen atoms in total. The molecule has 178 valence electrons. The molecule has 0 radical (unpaired) electrons. The highest BCUT2D eigenvalue weighted by Crippen LogP contribution is 2.35. The van der Waals surface area contributed by atoms with Crippen LogP contribution >= 0.6 is 11.3 Å². The van der Waals surface area contributed by atoms with E-state index in [0.717, 1.165) is 12.1 Å². The van der Waals surface area contributed by atoms with E-state index in [1.54, 1.807) is 11.0 Å². The van der Waals surface area contributed by atoms with Crippen LogP contribution in [0.3, 0.4) is 0 Å². The lowest BCUT2D eigenvalue weighted by atomic mass is 10.1. The van der Waals surface area contributed by atoms with E-state index >= 15 is 0 Å². The van der Waals surface area contributed by atoms with E-state index in [0.29, 0.717) is 63.0 Å². The van der Waals surface area contributed by atoms with Gasteiger partial charge >= 0.3 is 6.18 Å². The number of ether oxygens (including phenoxy) is 1. The number of nitrogens with zero attached hydrogens (tertiary/aromatic N) is 3. The minimum absolute atomic E-state index is 0.0202. The van der Waals surface area contributed by atoms with Gasteiger partial charge in [0.15, 0.2) is 0 Å². The van der Waals surface area contributed by atoms with Crippen LogP contribution in [0.5, 0.6) is 0 Å². The zero-order chi connectivity index (χ0) is 23.4. The van der Waals surface area contributed by atoms with Crippen molar-refractivity contribution in [1.29, 1.82) is 0 Å². The Labute approximate surface area is 193 Å². The summed E-state index contributed by atoms with van der Waals surface area (Å²) >= 11 is 1.39. The molecule has 1 aromatic heterocycles. The van der Waals surface area contributed by atoms with Gasteiger partial charge in [-0.1, -0.05) is 6.07 Å². The number of alkyl halides is 3. The summed E-state index contributed by atoms with van der Waals surface area (Å²) in [6.45, 7) is 4.08. The number of anilines is 2. The quantitative estimate of drug-likeness (QED) is 0.710. The van der Waals surface area contributed by atoms with Crippen molar-refractivity contribution in [3.05, 3.63) is 46.2 Å². The molecule has 0 atom stereocenters. The molecule has 1 aromatic carbocycles. The normalized spacial score (nSPS) is 17.8. The SMILES string of the molecule is O=C(CN1CCN(C(=O)c2cccs2)CC1)Nc1cc(C(F)(F)F)ccc1N1CCOCC1.